The van der Waals surface area contributed by atoms with Gasteiger partial charge in [0.2, 0.25) is 10.0 Å². The molecule has 0 radical (unpaired) electrons. The van der Waals surface area contributed by atoms with Gasteiger partial charge >= 0.3 is 5.97 Å². The van der Waals surface area contributed by atoms with Gasteiger partial charge in [0.15, 0.2) is 0 Å². The number of sulfonamides is 1. The van der Waals surface area contributed by atoms with E-state index in [4.69, 9.17) is 16.7 Å². The molecule has 0 fully saturated rings. The number of benzene rings is 1. The third kappa shape index (κ3) is 2.86. The Hall–Kier alpha value is -1.27. The first-order valence-corrected chi connectivity index (χ1v) is 6.42. The fraction of sp³-hybridized carbons (Fsp3) is 0.222. The third-order valence-corrected chi connectivity index (χ3v) is 3.48. The molecule has 0 amide bonds. The number of rotatable bonds is 4. The van der Waals surface area contributed by atoms with Gasteiger partial charge in [-0.1, -0.05) is 17.7 Å². The van der Waals surface area contributed by atoms with Gasteiger partial charge in [-0.2, -0.15) is 0 Å². The third-order valence-electron chi connectivity index (χ3n) is 1.87. The van der Waals surface area contributed by atoms with Crippen LogP contribution in [0, 0.1) is 0 Å². The van der Waals surface area contributed by atoms with Gasteiger partial charge in [0, 0.05) is 0 Å². The first kappa shape index (κ1) is 12.8. The maximum absolute atomic E-state index is 11.3. The highest BCUT2D eigenvalue weighted by molar-refractivity contribution is 7.92. The Kier molecular flexibility index (Phi) is 3.77. The van der Waals surface area contributed by atoms with E-state index in [-0.39, 0.29) is 22.0 Å². The highest BCUT2D eigenvalue weighted by Crippen LogP contribution is 2.25. The molecule has 0 unspecified atom stereocenters. The van der Waals surface area contributed by atoms with Crippen LogP contribution in [0.15, 0.2) is 18.2 Å². The molecule has 1 aromatic rings. The van der Waals surface area contributed by atoms with E-state index in [9.17, 15) is 13.2 Å². The Bertz CT molecular complexity index is 512. The van der Waals surface area contributed by atoms with E-state index in [0.29, 0.717) is 0 Å². The standard InChI is InChI=1S/C9H10ClNO4S/c1-2-16(14,15)11-7-5-3-4-6(10)8(7)9(12)13/h3-5,11H,2H2,1H3,(H,12,13). The summed E-state index contributed by atoms with van der Waals surface area (Å²) >= 11 is 5.68. The molecule has 7 heteroatoms. The highest BCUT2D eigenvalue weighted by atomic mass is 35.5. The van der Waals surface area contributed by atoms with Crippen molar-refractivity contribution in [1.29, 1.82) is 0 Å². The summed E-state index contributed by atoms with van der Waals surface area (Å²) in [4.78, 5) is 10.9. The minimum absolute atomic E-state index is 0.0104. The van der Waals surface area contributed by atoms with Gasteiger partial charge in [0.05, 0.1) is 16.5 Å². The zero-order chi connectivity index (χ0) is 12.3. The number of anilines is 1. The summed E-state index contributed by atoms with van der Waals surface area (Å²) < 4.78 is 24.8. The zero-order valence-electron chi connectivity index (χ0n) is 8.40. The second-order valence-electron chi connectivity index (χ2n) is 2.97. The summed E-state index contributed by atoms with van der Waals surface area (Å²) in [6.07, 6.45) is 0. The quantitative estimate of drug-likeness (QED) is 0.868. The molecular weight excluding hydrogens is 254 g/mol. The van der Waals surface area contributed by atoms with Crippen LogP contribution in [0.5, 0.6) is 0 Å². The molecule has 5 nitrogen and oxygen atoms in total. The lowest BCUT2D eigenvalue weighted by atomic mass is 10.2. The zero-order valence-corrected chi connectivity index (χ0v) is 9.97. The number of halogens is 1. The van der Waals surface area contributed by atoms with E-state index < -0.39 is 16.0 Å². The van der Waals surface area contributed by atoms with Crippen molar-refractivity contribution in [3.63, 3.8) is 0 Å². The second kappa shape index (κ2) is 4.71. The van der Waals surface area contributed by atoms with Crippen LogP contribution in [0.4, 0.5) is 5.69 Å². The monoisotopic (exact) mass is 263 g/mol. The van der Waals surface area contributed by atoms with E-state index in [1.807, 2.05) is 0 Å². The van der Waals surface area contributed by atoms with Gasteiger partial charge in [-0.15, -0.1) is 0 Å². The molecule has 0 saturated carbocycles. The van der Waals surface area contributed by atoms with Gasteiger partial charge in [0.25, 0.3) is 0 Å². The fourth-order valence-corrected chi connectivity index (χ4v) is 1.97. The molecule has 0 aromatic heterocycles. The van der Waals surface area contributed by atoms with Crippen LogP contribution in [0.2, 0.25) is 5.02 Å². The maximum Gasteiger partial charge on any atom is 0.339 e. The Morgan fingerprint density at radius 2 is 2.12 bits per heavy atom. The average Bonchev–Trinajstić information content (AvgIpc) is 2.16. The van der Waals surface area contributed by atoms with E-state index in [1.165, 1.54) is 25.1 Å². The molecule has 0 aliphatic carbocycles. The topological polar surface area (TPSA) is 83.5 Å². The SMILES string of the molecule is CCS(=O)(=O)Nc1cccc(Cl)c1C(=O)O. The van der Waals surface area contributed by atoms with Gasteiger partial charge in [-0.05, 0) is 19.1 Å². The number of carbonyl (C=O) groups is 1. The predicted octanol–water partition coefficient (Wildman–Crippen LogP) is 1.80. The van der Waals surface area contributed by atoms with Crippen molar-refractivity contribution in [2.24, 2.45) is 0 Å². The summed E-state index contributed by atoms with van der Waals surface area (Å²) in [6, 6.07) is 4.21. The molecule has 0 aliphatic rings. The van der Waals surface area contributed by atoms with E-state index in [2.05, 4.69) is 4.72 Å². The summed E-state index contributed by atoms with van der Waals surface area (Å²) in [6.45, 7) is 1.45. The van der Waals surface area contributed by atoms with Crippen LogP contribution >= 0.6 is 11.6 Å². The highest BCUT2D eigenvalue weighted by Gasteiger charge is 2.17. The lowest BCUT2D eigenvalue weighted by Gasteiger charge is -2.09. The number of carboxylic acids is 1. The summed E-state index contributed by atoms with van der Waals surface area (Å²) in [5, 5.41) is 8.89. The molecule has 0 spiro atoms. The van der Waals surface area contributed by atoms with Crippen LogP contribution in [-0.4, -0.2) is 25.2 Å². The molecule has 0 bridgehead atoms. The number of hydrogen-bond acceptors (Lipinski definition) is 3. The maximum atomic E-state index is 11.3. The van der Waals surface area contributed by atoms with Crippen LogP contribution in [-0.2, 0) is 10.0 Å². The number of aromatic carboxylic acids is 1. The minimum atomic E-state index is -3.52. The molecule has 0 aliphatic heterocycles. The van der Waals surface area contributed by atoms with Crippen molar-refractivity contribution in [3.05, 3.63) is 28.8 Å². The Labute approximate surface area is 98.1 Å². The summed E-state index contributed by atoms with van der Waals surface area (Å²) in [7, 11) is -3.52. The van der Waals surface area contributed by atoms with Gasteiger partial charge < -0.3 is 5.11 Å². The van der Waals surface area contributed by atoms with Crippen molar-refractivity contribution in [2.75, 3.05) is 10.5 Å². The van der Waals surface area contributed by atoms with E-state index >= 15 is 0 Å². The van der Waals surface area contributed by atoms with Crippen LogP contribution < -0.4 is 4.72 Å². The molecule has 88 valence electrons. The van der Waals surface area contributed by atoms with Crippen molar-refractivity contribution in [3.8, 4) is 0 Å². The van der Waals surface area contributed by atoms with E-state index in [0.717, 1.165) is 0 Å². The van der Waals surface area contributed by atoms with Crippen molar-refractivity contribution < 1.29 is 18.3 Å². The Balaban J connectivity index is 3.25. The first-order chi connectivity index (χ1) is 7.37. The molecule has 1 aromatic carbocycles. The molecule has 1 rings (SSSR count). The van der Waals surface area contributed by atoms with Crippen molar-refractivity contribution in [1.82, 2.24) is 0 Å². The summed E-state index contributed by atoms with van der Waals surface area (Å²) in [5.74, 6) is -1.42. The minimum Gasteiger partial charge on any atom is -0.478 e. The molecular formula is C9H10ClNO4S. The largest absolute Gasteiger partial charge is 0.478 e. The molecule has 0 saturated heterocycles. The fourth-order valence-electron chi connectivity index (χ4n) is 1.07. The number of nitrogens with one attached hydrogen (secondary N) is 1. The molecule has 0 heterocycles. The smallest absolute Gasteiger partial charge is 0.339 e. The Morgan fingerprint density at radius 3 is 2.62 bits per heavy atom. The molecule has 16 heavy (non-hydrogen) atoms. The molecule has 2 N–H and O–H groups in total. The van der Waals surface area contributed by atoms with Crippen LogP contribution in [0.3, 0.4) is 0 Å². The lowest BCUT2D eigenvalue weighted by Crippen LogP contribution is -2.17. The summed E-state index contributed by atoms with van der Waals surface area (Å²) in [5.41, 5.74) is -0.275. The second-order valence-corrected chi connectivity index (χ2v) is 5.39. The van der Waals surface area contributed by atoms with Crippen LogP contribution in [0.25, 0.3) is 0 Å². The molecule has 0 atom stereocenters. The van der Waals surface area contributed by atoms with Gasteiger partial charge in [-0.3, -0.25) is 4.72 Å². The lowest BCUT2D eigenvalue weighted by molar-refractivity contribution is 0.0698. The predicted molar refractivity (Wildman–Crippen MR) is 61.5 cm³/mol. The van der Waals surface area contributed by atoms with Gasteiger partial charge in [0.1, 0.15) is 5.56 Å². The van der Waals surface area contributed by atoms with Crippen LogP contribution in [0.1, 0.15) is 17.3 Å². The first-order valence-electron chi connectivity index (χ1n) is 4.39. The van der Waals surface area contributed by atoms with Crippen molar-refractivity contribution >= 4 is 33.3 Å². The normalized spacial score (nSPS) is 11.1. The van der Waals surface area contributed by atoms with Crippen molar-refractivity contribution in [2.45, 2.75) is 6.92 Å². The van der Waals surface area contributed by atoms with E-state index in [1.54, 1.807) is 0 Å². The number of hydrogen-bond donors (Lipinski definition) is 2. The van der Waals surface area contributed by atoms with Gasteiger partial charge in [-0.25, -0.2) is 13.2 Å². The average molecular weight is 264 g/mol. The number of carboxylic acid groups (broad SMARTS) is 1. The Morgan fingerprint density at radius 1 is 1.50 bits per heavy atom.